The van der Waals surface area contributed by atoms with Gasteiger partial charge in [0.2, 0.25) is 0 Å². The van der Waals surface area contributed by atoms with E-state index in [1.807, 2.05) is 0 Å². The van der Waals surface area contributed by atoms with Gasteiger partial charge >= 0.3 is 0 Å². The van der Waals surface area contributed by atoms with Crippen LogP contribution >= 0.6 is 0 Å². The predicted octanol–water partition coefficient (Wildman–Crippen LogP) is 14.8. The lowest BCUT2D eigenvalue weighted by molar-refractivity contribution is 0.565. The molecule has 0 amide bonds. The van der Waals surface area contributed by atoms with Gasteiger partial charge in [0.1, 0.15) is 0 Å². The van der Waals surface area contributed by atoms with Gasteiger partial charge in [-0.15, -0.1) is 0 Å². The molecule has 10 rings (SSSR count). The van der Waals surface area contributed by atoms with Crippen LogP contribution in [-0.2, 0) is 16.2 Å². The Labute approximate surface area is 355 Å². The molecule has 0 spiro atoms. The first-order valence-corrected chi connectivity index (χ1v) is 21.3. The molecule has 0 saturated carbocycles. The summed E-state index contributed by atoms with van der Waals surface area (Å²) in [4.78, 5) is 0. The van der Waals surface area contributed by atoms with Gasteiger partial charge in [0, 0.05) is 22.2 Å². The standard InChI is InChI=1S/C60H48/c1-7-25-49(26-8-1)58(38-20-5-21-39-58)56-36-17-15-33-53(56)46-43-47(54-34-16-18-37-57(54)59(40-22-6-23-41-59)50-27-9-2-10-28-50)45-48(44-46)55-35-19-24-42-60(55,51-29-11-3-12-30-51)52-31-13-4-14-32-52/h1-38,40,42-45,55H,39,41H2. The molecule has 288 valence electrons. The molecule has 0 aliphatic heterocycles. The van der Waals surface area contributed by atoms with Gasteiger partial charge in [-0.1, -0.05) is 255 Å². The fraction of sp³-hybridized carbons (Fsp3) is 0.100. The summed E-state index contributed by atoms with van der Waals surface area (Å²) in [6, 6.07) is 70.0. The summed E-state index contributed by atoms with van der Waals surface area (Å²) < 4.78 is 0. The molecule has 0 heterocycles. The minimum atomic E-state index is -0.434. The molecule has 0 radical (unpaired) electrons. The summed E-state index contributed by atoms with van der Waals surface area (Å²) in [7, 11) is 0. The van der Waals surface area contributed by atoms with Crippen molar-refractivity contribution in [3.63, 3.8) is 0 Å². The minimum Gasteiger partial charge on any atom is -0.0830 e. The fourth-order valence-corrected chi connectivity index (χ4v) is 10.4. The van der Waals surface area contributed by atoms with Gasteiger partial charge in [-0.25, -0.2) is 0 Å². The fourth-order valence-electron chi connectivity index (χ4n) is 10.4. The van der Waals surface area contributed by atoms with Crippen LogP contribution in [0.25, 0.3) is 22.3 Å². The lowest BCUT2D eigenvalue weighted by Gasteiger charge is -2.41. The van der Waals surface area contributed by atoms with Gasteiger partial charge in [0.15, 0.2) is 0 Å². The Kier molecular flexibility index (Phi) is 9.92. The molecule has 3 atom stereocenters. The highest BCUT2D eigenvalue weighted by atomic mass is 14.4. The summed E-state index contributed by atoms with van der Waals surface area (Å²) in [6.07, 6.45) is 29.4. The Hall–Kier alpha value is -7.02. The van der Waals surface area contributed by atoms with Gasteiger partial charge < -0.3 is 0 Å². The first kappa shape index (κ1) is 37.3. The van der Waals surface area contributed by atoms with Crippen LogP contribution in [0.5, 0.6) is 0 Å². The Morgan fingerprint density at radius 3 is 1.18 bits per heavy atom. The quantitative estimate of drug-likeness (QED) is 0.137. The second-order valence-electron chi connectivity index (χ2n) is 16.4. The van der Waals surface area contributed by atoms with E-state index in [1.54, 1.807) is 0 Å². The molecule has 0 heteroatoms. The molecule has 3 aliphatic carbocycles. The van der Waals surface area contributed by atoms with Crippen molar-refractivity contribution in [2.45, 2.75) is 35.0 Å². The van der Waals surface area contributed by atoms with Gasteiger partial charge in [0.25, 0.3) is 0 Å². The Balaban J connectivity index is 1.26. The third-order valence-electron chi connectivity index (χ3n) is 13.2. The molecular weight excluding hydrogens is 721 g/mol. The van der Waals surface area contributed by atoms with E-state index in [0.717, 1.165) is 12.8 Å². The van der Waals surface area contributed by atoms with Gasteiger partial charge in [-0.3, -0.25) is 0 Å². The van der Waals surface area contributed by atoms with Crippen LogP contribution in [-0.4, -0.2) is 0 Å². The second kappa shape index (κ2) is 16.0. The zero-order chi connectivity index (χ0) is 40.2. The topological polar surface area (TPSA) is 0 Å². The van der Waals surface area contributed by atoms with Gasteiger partial charge in [-0.2, -0.15) is 0 Å². The van der Waals surface area contributed by atoms with E-state index in [0.29, 0.717) is 0 Å². The average molecular weight is 769 g/mol. The van der Waals surface area contributed by atoms with E-state index in [2.05, 4.69) is 261 Å². The molecule has 0 bridgehead atoms. The van der Waals surface area contributed by atoms with Crippen molar-refractivity contribution in [2.24, 2.45) is 0 Å². The third-order valence-corrected chi connectivity index (χ3v) is 13.2. The van der Waals surface area contributed by atoms with E-state index >= 15 is 0 Å². The van der Waals surface area contributed by atoms with E-state index < -0.39 is 5.41 Å². The van der Waals surface area contributed by atoms with Crippen molar-refractivity contribution in [2.75, 3.05) is 0 Å². The normalized spacial score (nSPS) is 21.2. The van der Waals surface area contributed by atoms with E-state index in [4.69, 9.17) is 0 Å². The van der Waals surface area contributed by atoms with Crippen molar-refractivity contribution < 1.29 is 0 Å². The minimum absolute atomic E-state index is 0.00603. The lowest BCUT2D eigenvalue weighted by Crippen LogP contribution is -2.33. The summed E-state index contributed by atoms with van der Waals surface area (Å²) in [5.41, 5.74) is 12.9. The predicted molar refractivity (Wildman–Crippen MR) is 252 cm³/mol. The molecule has 7 aromatic rings. The zero-order valence-corrected chi connectivity index (χ0v) is 33.8. The monoisotopic (exact) mass is 768 g/mol. The highest BCUT2D eigenvalue weighted by Gasteiger charge is 2.42. The van der Waals surface area contributed by atoms with Gasteiger partial charge in [-0.05, 0) is 80.1 Å². The molecule has 60 heavy (non-hydrogen) atoms. The van der Waals surface area contributed by atoms with E-state index in [1.165, 1.54) is 61.2 Å². The lowest BCUT2D eigenvalue weighted by atomic mass is 9.61. The largest absolute Gasteiger partial charge is 0.0830 e. The maximum absolute atomic E-state index is 2.50. The van der Waals surface area contributed by atoms with Crippen LogP contribution in [0, 0.1) is 0 Å². The smallest absolute Gasteiger partial charge is 0.0488 e. The maximum Gasteiger partial charge on any atom is 0.0488 e. The molecular formula is C60H48. The molecule has 0 fully saturated rings. The maximum atomic E-state index is 2.50. The number of benzene rings is 7. The number of hydrogen-bond donors (Lipinski definition) is 0. The van der Waals surface area contributed by atoms with Gasteiger partial charge in [0.05, 0.1) is 0 Å². The number of hydrogen-bond acceptors (Lipinski definition) is 0. The molecule has 0 N–H and O–H groups in total. The van der Waals surface area contributed by atoms with Crippen LogP contribution in [0.3, 0.4) is 0 Å². The van der Waals surface area contributed by atoms with E-state index in [9.17, 15) is 0 Å². The molecule has 0 saturated heterocycles. The Morgan fingerprint density at radius 1 is 0.350 bits per heavy atom. The number of rotatable bonds is 9. The van der Waals surface area contributed by atoms with Crippen molar-refractivity contribution in [1.82, 2.24) is 0 Å². The molecule has 3 aliphatic rings. The number of allylic oxidation sites excluding steroid dienone is 12. The first-order chi connectivity index (χ1) is 29.7. The summed E-state index contributed by atoms with van der Waals surface area (Å²) in [5, 5.41) is 0. The van der Waals surface area contributed by atoms with E-state index in [-0.39, 0.29) is 16.7 Å². The SMILES string of the molecule is C1=CCC(c2ccccc2)(c2ccccc2-c2cc(-c3ccccc3C3(c4ccccc4)C=CC=CC3)cc(C3C=CC=CC3(c3ccccc3)c3ccccc3)c2)C=C1. The Bertz CT molecular complexity index is 2620. The van der Waals surface area contributed by atoms with Crippen LogP contribution in [0.1, 0.15) is 57.7 Å². The highest BCUT2D eigenvalue weighted by molar-refractivity contribution is 5.81. The first-order valence-electron chi connectivity index (χ1n) is 21.3. The van der Waals surface area contributed by atoms with Crippen molar-refractivity contribution >= 4 is 0 Å². The highest BCUT2D eigenvalue weighted by Crippen LogP contribution is 2.52. The Morgan fingerprint density at radius 2 is 0.750 bits per heavy atom. The van der Waals surface area contributed by atoms with Crippen LogP contribution in [0.15, 0.2) is 261 Å². The average Bonchev–Trinajstić information content (AvgIpc) is 3.35. The van der Waals surface area contributed by atoms with Crippen molar-refractivity contribution in [3.8, 4) is 22.3 Å². The molecule has 7 aromatic carbocycles. The second-order valence-corrected chi connectivity index (χ2v) is 16.4. The third kappa shape index (κ3) is 6.41. The summed E-state index contributed by atoms with van der Waals surface area (Å²) >= 11 is 0. The molecule has 0 nitrogen and oxygen atoms in total. The van der Waals surface area contributed by atoms with Crippen LogP contribution in [0.2, 0.25) is 0 Å². The van der Waals surface area contributed by atoms with Crippen LogP contribution in [0.4, 0.5) is 0 Å². The summed E-state index contributed by atoms with van der Waals surface area (Å²) in [5.74, 6) is 0.00603. The van der Waals surface area contributed by atoms with Crippen LogP contribution < -0.4 is 0 Å². The zero-order valence-electron chi connectivity index (χ0n) is 33.8. The molecule has 3 unspecified atom stereocenters. The van der Waals surface area contributed by atoms with Crippen molar-refractivity contribution in [3.05, 3.63) is 300 Å². The summed E-state index contributed by atoms with van der Waals surface area (Å²) in [6.45, 7) is 0. The van der Waals surface area contributed by atoms with Crippen molar-refractivity contribution in [1.29, 1.82) is 0 Å². The molecule has 0 aromatic heterocycles.